The van der Waals surface area contributed by atoms with Crippen molar-refractivity contribution < 1.29 is 0 Å². The summed E-state index contributed by atoms with van der Waals surface area (Å²) < 4.78 is 1.99. The Bertz CT molecular complexity index is 443. The molecule has 0 aromatic carbocycles. The highest BCUT2D eigenvalue weighted by atomic mass is 15.3. The Labute approximate surface area is 110 Å². The van der Waals surface area contributed by atoms with Crippen LogP contribution in [0.15, 0.2) is 11.6 Å². The van der Waals surface area contributed by atoms with Gasteiger partial charge in [-0.15, -0.1) is 0 Å². The van der Waals surface area contributed by atoms with E-state index in [1.807, 2.05) is 11.7 Å². The van der Waals surface area contributed by atoms with Crippen LogP contribution in [0, 0.1) is 13.8 Å². The van der Waals surface area contributed by atoms with Gasteiger partial charge in [-0.3, -0.25) is 4.68 Å². The number of hydrogen-bond donors (Lipinski definition) is 1. The van der Waals surface area contributed by atoms with E-state index in [2.05, 4.69) is 37.4 Å². The fourth-order valence-electron chi connectivity index (χ4n) is 3.02. The largest absolute Gasteiger partial charge is 0.309 e. The summed E-state index contributed by atoms with van der Waals surface area (Å²) >= 11 is 0. The number of nitrogens with one attached hydrogen (secondary N) is 1. The van der Waals surface area contributed by atoms with Gasteiger partial charge in [-0.1, -0.05) is 18.1 Å². The highest BCUT2D eigenvalue weighted by Gasteiger charge is 2.22. The molecule has 1 aliphatic rings. The molecule has 0 radical (unpaired) electrons. The summed E-state index contributed by atoms with van der Waals surface area (Å²) in [5, 5.41) is 8.04. The van der Waals surface area contributed by atoms with Gasteiger partial charge in [0.1, 0.15) is 0 Å². The average Bonchev–Trinajstić information content (AvgIpc) is 2.58. The predicted octanol–water partition coefficient (Wildman–Crippen LogP) is 3.19. The van der Waals surface area contributed by atoms with Crippen LogP contribution in [0.3, 0.4) is 0 Å². The minimum atomic E-state index is 0.344. The topological polar surface area (TPSA) is 29.9 Å². The van der Waals surface area contributed by atoms with Crippen molar-refractivity contribution in [3.63, 3.8) is 0 Å². The second-order valence-corrected chi connectivity index (χ2v) is 5.31. The molecule has 0 fully saturated rings. The fourth-order valence-corrected chi connectivity index (χ4v) is 3.02. The third-order valence-corrected chi connectivity index (χ3v) is 4.09. The molecule has 1 aromatic rings. The van der Waals surface area contributed by atoms with E-state index in [9.17, 15) is 0 Å². The number of aromatic nitrogens is 2. The Morgan fingerprint density at radius 1 is 1.28 bits per heavy atom. The molecule has 2 rings (SSSR count). The average molecular weight is 247 g/mol. The summed E-state index contributed by atoms with van der Waals surface area (Å²) in [4.78, 5) is 0. The molecular formula is C15H25N3. The van der Waals surface area contributed by atoms with Gasteiger partial charge in [-0.25, -0.2) is 0 Å². The lowest BCUT2D eigenvalue weighted by atomic mass is 9.94. The molecule has 0 bridgehead atoms. The highest BCUT2D eigenvalue weighted by Crippen LogP contribution is 2.32. The number of likely N-dealkylation sites (N-methyl/N-ethyl adjacent to an activating group) is 1. The normalized spacial score (nSPS) is 18.3. The number of nitrogens with zero attached hydrogens (tertiary/aromatic N) is 2. The maximum Gasteiger partial charge on any atom is 0.0647 e. The van der Waals surface area contributed by atoms with Crippen molar-refractivity contribution in [2.75, 3.05) is 7.05 Å². The summed E-state index contributed by atoms with van der Waals surface area (Å²) in [6.45, 7) is 4.28. The van der Waals surface area contributed by atoms with Gasteiger partial charge in [0.2, 0.25) is 0 Å². The van der Waals surface area contributed by atoms with Gasteiger partial charge in [-0.2, -0.15) is 5.10 Å². The second-order valence-electron chi connectivity index (χ2n) is 5.31. The minimum absolute atomic E-state index is 0.344. The SMILES string of the molecule is CNC(C1=CCCCCC1)c1c(C)nn(C)c1C. The molecule has 0 saturated carbocycles. The highest BCUT2D eigenvalue weighted by molar-refractivity contribution is 5.35. The van der Waals surface area contributed by atoms with Crippen LogP contribution in [0.5, 0.6) is 0 Å². The van der Waals surface area contributed by atoms with Crippen molar-refractivity contribution in [3.05, 3.63) is 28.6 Å². The number of aryl methyl sites for hydroxylation is 2. The van der Waals surface area contributed by atoms with Crippen molar-refractivity contribution in [1.82, 2.24) is 15.1 Å². The quantitative estimate of drug-likeness (QED) is 0.831. The summed E-state index contributed by atoms with van der Waals surface area (Å²) in [5.74, 6) is 0. The summed E-state index contributed by atoms with van der Waals surface area (Å²) in [7, 11) is 4.09. The van der Waals surface area contributed by atoms with Crippen LogP contribution in [0.4, 0.5) is 0 Å². The molecule has 0 saturated heterocycles. The molecule has 1 atom stereocenters. The lowest BCUT2D eigenvalue weighted by Crippen LogP contribution is -2.20. The monoisotopic (exact) mass is 247 g/mol. The van der Waals surface area contributed by atoms with Crippen molar-refractivity contribution in [2.24, 2.45) is 7.05 Å². The Hall–Kier alpha value is -1.09. The number of allylic oxidation sites excluding steroid dienone is 1. The van der Waals surface area contributed by atoms with E-state index in [4.69, 9.17) is 0 Å². The van der Waals surface area contributed by atoms with E-state index in [0.29, 0.717) is 6.04 Å². The lowest BCUT2D eigenvalue weighted by molar-refractivity contribution is 0.622. The van der Waals surface area contributed by atoms with Gasteiger partial charge in [0.25, 0.3) is 0 Å². The molecule has 1 aromatic heterocycles. The van der Waals surface area contributed by atoms with Crippen LogP contribution >= 0.6 is 0 Å². The first kappa shape index (κ1) is 13.3. The molecule has 3 nitrogen and oxygen atoms in total. The fraction of sp³-hybridized carbons (Fsp3) is 0.667. The van der Waals surface area contributed by atoms with Crippen molar-refractivity contribution >= 4 is 0 Å². The van der Waals surface area contributed by atoms with Gasteiger partial charge in [0, 0.05) is 18.3 Å². The zero-order chi connectivity index (χ0) is 13.1. The molecular weight excluding hydrogens is 222 g/mol. The van der Waals surface area contributed by atoms with E-state index >= 15 is 0 Å². The van der Waals surface area contributed by atoms with Gasteiger partial charge < -0.3 is 5.32 Å². The van der Waals surface area contributed by atoms with E-state index in [0.717, 1.165) is 5.69 Å². The molecule has 100 valence electrons. The molecule has 1 unspecified atom stereocenters. The van der Waals surface area contributed by atoms with E-state index in [1.165, 1.54) is 43.4 Å². The van der Waals surface area contributed by atoms with Gasteiger partial charge in [0.15, 0.2) is 0 Å². The zero-order valence-electron chi connectivity index (χ0n) is 12.1. The van der Waals surface area contributed by atoms with Crippen LogP contribution in [-0.4, -0.2) is 16.8 Å². The number of hydrogen-bond acceptors (Lipinski definition) is 2. The van der Waals surface area contributed by atoms with Crippen LogP contribution in [0.1, 0.15) is 55.1 Å². The second kappa shape index (κ2) is 5.70. The van der Waals surface area contributed by atoms with Crippen molar-refractivity contribution in [1.29, 1.82) is 0 Å². The Balaban J connectivity index is 2.35. The molecule has 0 amide bonds. The van der Waals surface area contributed by atoms with Crippen LogP contribution in [0.25, 0.3) is 0 Å². The first-order valence-corrected chi connectivity index (χ1v) is 7.01. The summed E-state index contributed by atoms with van der Waals surface area (Å²) in [6, 6.07) is 0.344. The maximum absolute atomic E-state index is 4.55. The van der Waals surface area contributed by atoms with Gasteiger partial charge >= 0.3 is 0 Å². The Kier molecular flexibility index (Phi) is 4.23. The van der Waals surface area contributed by atoms with Crippen molar-refractivity contribution in [3.8, 4) is 0 Å². The molecule has 3 heteroatoms. The third kappa shape index (κ3) is 2.51. The third-order valence-electron chi connectivity index (χ3n) is 4.09. The summed E-state index contributed by atoms with van der Waals surface area (Å²) in [6.07, 6.45) is 8.92. The minimum Gasteiger partial charge on any atom is -0.309 e. The van der Waals surface area contributed by atoms with Gasteiger partial charge in [-0.05, 0) is 46.6 Å². The maximum atomic E-state index is 4.55. The molecule has 18 heavy (non-hydrogen) atoms. The number of rotatable bonds is 3. The summed E-state index contributed by atoms with van der Waals surface area (Å²) in [5.41, 5.74) is 5.35. The molecule has 0 spiro atoms. The first-order valence-electron chi connectivity index (χ1n) is 7.01. The molecule has 0 aliphatic heterocycles. The smallest absolute Gasteiger partial charge is 0.0647 e. The van der Waals surface area contributed by atoms with E-state index < -0.39 is 0 Å². The van der Waals surface area contributed by atoms with E-state index in [1.54, 1.807) is 5.57 Å². The standard InChI is InChI=1S/C15H25N3/c1-11-14(12(2)18(4)17-11)15(16-3)13-9-7-5-6-8-10-13/h9,15-16H,5-8,10H2,1-4H3. The van der Waals surface area contributed by atoms with Crippen LogP contribution in [-0.2, 0) is 7.05 Å². The first-order chi connectivity index (χ1) is 8.65. The molecule has 1 aliphatic carbocycles. The van der Waals surface area contributed by atoms with E-state index in [-0.39, 0.29) is 0 Å². The molecule has 1 N–H and O–H groups in total. The van der Waals surface area contributed by atoms with Gasteiger partial charge in [0.05, 0.1) is 11.7 Å². The Morgan fingerprint density at radius 3 is 2.67 bits per heavy atom. The Morgan fingerprint density at radius 2 is 2.06 bits per heavy atom. The van der Waals surface area contributed by atoms with Crippen LogP contribution < -0.4 is 5.32 Å². The van der Waals surface area contributed by atoms with Crippen molar-refractivity contribution in [2.45, 2.75) is 52.0 Å². The predicted molar refractivity (Wildman–Crippen MR) is 75.7 cm³/mol. The molecule has 1 heterocycles. The zero-order valence-corrected chi connectivity index (χ0v) is 12.1. The lowest BCUT2D eigenvalue weighted by Gasteiger charge is -2.20. The van der Waals surface area contributed by atoms with Crippen LogP contribution in [0.2, 0.25) is 0 Å².